The third-order valence-electron chi connectivity index (χ3n) is 4.80. The molecule has 0 N–H and O–H groups in total. The van der Waals surface area contributed by atoms with Gasteiger partial charge in [-0.2, -0.15) is 5.10 Å². The van der Waals surface area contributed by atoms with Gasteiger partial charge in [-0.25, -0.2) is 13.9 Å². The van der Waals surface area contributed by atoms with Crippen molar-refractivity contribution < 1.29 is 4.39 Å². The van der Waals surface area contributed by atoms with E-state index in [-0.39, 0.29) is 5.82 Å². The summed E-state index contributed by atoms with van der Waals surface area (Å²) in [4.78, 5) is 9.03. The van der Waals surface area contributed by atoms with Crippen molar-refractivity contribution in [1.82, 2.24) is 19.6 Å². The fraction of sp³-hybridized carbons (Fsp3) is 0.0455. The summed E-state index contributed by atoms with van der Waals surface area (Å²) in [7, 11) is 0. The molecule has 4 nitrogen and oxygen atoms in total. The topological polar surface area (TPSA) is 43.1 Å². The van der Waals surface area contributed by atoms with Gasteiger partial charge in [0.1, 0.15) is 5.82 Å². The molecule has 0 bridgehead atoms. The van der Waals surface area contributed by atoms with Crippen LogP contribution < -0.4 is 0 Å². The van der Waals surface area contributed by atoms with Crippen molar-refractivity contribution in [2.24, 2.45) is 0 Å². The quantitative estimate of drug-likeness (QED) is 0.445. The van der Waals surface area contributed by atoms with Crippen molar-refractivity contribution in [3.05, 3.63) is 84.7 Å². The highest BCUT2D eigenvalue weighted by atomic mass is 19.1. The first-order valence-corrected chi connectivity index (χ1v) is 8.65. The number of aryl methyl sites for hydroxylation is 1. The normalized spacial score (nSPS) is 11.3. The maximum Gasteiger partial charge on any atom is 0.162 e. The summed E-state index contributed by atoms with van der Waals surface area (Å²) < 4.78 is 15.6. The first kappa shape index (κ1) is 15.6. The molecule has 0 amide bonds. The Morgan fingerprint density at radius 1 is 0.889 bits per heavy atom. The summed E-state index contributed by atoms with van der Waals surface area (Å²) in [6.45, 7) is 1.75. The number of hydrogen-bond acceptors (Lipinski definition) is 3. The molecule has 0 radical (unpaired) electrons. The average Bonchev–Trinajstić information content (AvgIpc) is 3.12. The van der Waals surface area contributed by atoms with E-state index in [0.29, 0.717) is 5.56 Å². The molecular formula is C22H15FN4. The molecule has 27 heavy (non-hydrogen) atoms. The molecule has 0 spiro atoms. The molecule has 0 aliphatic heterocycles. The monoisotopic (exact) mass is 354 g/mol. The van der Waals surface area contributed by atoms with Gasteiger partial charge in [-0.3, -0.25) is 4.98 Å². The third kappa shape index (κ3) is 2.56. The van der Waals surface area contributed by atoms with Crippen molar-refractivity contribution in [1.29, 1.82) is 0 Å². The summed E-state index contributed by atoms with van der Waals surface area (Å²) in [5, 5.41) is 5.52. The van der Waals surface area contributed by atoms with E-state index in [9.17, 15) is 4.39 Å². The van der Waals surface area contributed by atoms with Crippen molar-refractivity contribution in [2.75, 3.05) is 0 Å². The van der Waals surface area contributed by atoms with Crippen LogP contribution in [-0.4, -0.2) is 19.6 Å². The molecule has 5 heteroatoms. The minimum Gasteiger partial charge on any atom is -0.256 e. The second-order valence-corrected chi connectivity index (χ2v) is 6.51. The molecule has 130 valence electrons. The predicted octanol–water partition coefficient (Wildman–Crippen LogP) is 5.06. The van der Waals surface area contributed by atoms with Crippen LogP contribution in [0.3, 0.4) is 0 Å². The Hall–Kier alpha value is -3.60. The molecule has 0 saturated carbocycles. The van der Waals surface area contributed by atoms with Crippen LogP contribution in [0.1, 0.15) is 5.56 Å². The lowest BCUT2D eigenvalue weighted by molar-refractivity contribution is 0.619. The average molecular weight is 354 g/mol. The summed E-state index contributed by atoms with van der Waals surface area (Å²) in [5.41, 5.74) is 5.88. The van der Waals surface area contributed by atoms with Gasteiger partial charge in [0.15, 0.2) is 5.65 Å². The first-order chi connectivity index (χ1) is 13.2. The Morgan fingerprint density at radius 2 is 1.81 bits per heavy atom. The van der Waals surface area contributed by atoms with Crippen LogP contribution in [0.2, 0.25) is 0 Å². The zero-order valence-corrected chi connectivity index (χ0v) is 14.6. The van der Waals surface area contributed by atoms with E-state index in [2.05, 4.69) is 15.1 Å². The third-order valence-corrected chi connectivity index (χ3v) is 4.80. The molecule has 3 aromatic heterocycles. The highest BCUT2D eigenvalue weighted by Crippen LogP contribution is 2.31. The zero-order valence-electron chi connectivity index (χ0n) is 14.6. The Morgan fingerprint density at radius 3 is 2.70 bits per heavy atom. The van der Waals surface area contributed by atoms with Crippen LogP contribution >= 0.6 is 0 Å². The van der Waals surface area contributed by atoms with Crippen LogP contribution in [0.25, 0.3) is 38.8 Å². The van der Waals surface area contributed by atoms with E-state index in [1.165, 1.54) is 6.07 Å². The highest BCUT2D eigenvalue weighted by molar-refractivity contribution is 5.97. The number of fused-ring (bicyclic) bond motifs is 2. The van der Waals surface area contributed by atoms with Gasteiger partial charge in [0.2, 0.25) is 0 Å². The van der Waals surface area contributed by atoms with Gasteiger partial charge >= 0.3 is 0 Å². The number of nitrogens with zero attached hydrogens (tertiary/aromatic N) is 4. The van der Waals surface area contributed by atoms with Crippen molar-refractivity contribution >= 4 is 16.6 Å². The van der Waals surface area contributed by atoms with Crippen LogP contribution in [0.5, 0.6) is 0 Å². The summed E-state index contributed by atoms with van der Waals surface area (Å²) in [6.07, 6.45) is 7.23. The lowest BCUT2D eigenvalue weighted by Crippen LogP contribution is -1.93. The van der Waals surface area contributed by atoms with E-state index in [1.807, 2.05) is 48.8 Å². The Bertz CT molecular complexity index is 1300. The smallest absolute Gasteiger partial charge is 0.162 e. The second-order valence-electron chi connectivity index (χ2n) is 6.51. The van der Waals surface area contributed by atoms with Gasteiger partial charge in [0, 0.05) is 35.1 Å². The zero-order chi connectivity index (χ0) is 18.4. The Labute approximate surface area is 155 Å². The number of aromatic nitrogens is 4. The maximum atomic E-state index is 13.9. The largest absolute Gasteiger partial charge is 0.256 e. The molecule has 0 aliphatic rings. The second kappa shape index (κ2) is 5.99. The minimum absolute atomic E-state index is 0.225. The lowest BCUT2D eigenvalue weighted by atomic mass is 10.0. The number of halogens is 1. The van der Waals surface area contributed by atoms with Gasteiger partial charge in [0.05, 0.1) is 11.7 Å². The number of benzene rings is 2. The number of pyridine rings is 1. The number of hydrogen-bond donors (Lipinski definition) is 0. The van der Waals surface area contributed by atoms with E-state index in [4.69, 9.17) is 0 Å². The molecule has 3 heterocycles. The van der Waals surface area contributed by atoms with Gasteiger partial charge in [0.25, 0.3) is 0 Å². The summed E-state index contributed by atoms with van der Waals surface area (Å²) in [5.74, 6) is -0.225. The van der Waals surface area contributed by atoms with Crippen LogP contribution in [0.15, 0.2) is 73.3 Å². The highest BCUT2D eigenvalue weighted by Gasteiger charge is 2.12. The standard InChI is InChI=1S/C22H15FN4/c1-14-7-8-15(10-20(14)23)16-11-25-22-19(12-26-27(22)13-16)17-4-2-6-21-18(17)5-3-9-24-21/h2-13H,1H3. The van der Waals surface area contributed by atoms with E-state index >= 15 is 0 Å². The molecule has 5 aromatic rings. The number of rotatable bonds is 2. The summed E-state index contributed by atoms with van der Waals surface area (Å²) in [6, 6.07) is 15.2. The van der Waals surface area contributed by atoms with E-state index in [0.717, 1.165) is 38.8 Å². The molecule has 0 fully saturated rings. The maximum absolute atomic E-state index is 13.9. The van der Waals surface area contributed by atoms with Crippen LogP contribution in [0, 0.1) is 12.7 Å². The molecular weight excluding hydrogens is 339 g/mol. The molecule has 0 aliphatic carbocycles. The molecule has 5 rings (SSSR count). The minimum atomic E-state index is -0.225. The fourth-order valence-electron chi connectivity index (χ4n) is 3.32. The van der Waals surface area contributed by atoms with Gasteiger partial charge in [-0.05, 0) is 41.8 Å². The lowest BCUT2D eigenvalue weighted by Gasteiger charge is -2.06. The Balaban J connectivity index is 1.67. The van der Waals surface area contributed by atoms with Gasteiger partial charge < -0.3 is 0 Å². The fourth-order valence-corrected chi connectivity index (χ4v) is 3.32. The van der Waals surface area contributed by atoms with E-state index in [1.54, 1.807) is 29.9 Å². The van der Waals surface area contributed by atoms with Gasteiger partial charge in [-0.1, -0.05) is 30.3 Å². The predicted molar refractivity (Wildman–Crippen MR) is 104 cm³/mol. The summed E-state index contributed by atoms with van der Waals surface area (Å²) >= 11 is 0. The molecule has 0 atom stereocenters. The van der Waals surface area contributed by atoms with Crippen LogP contribution in [-0.2, 0) is 0 Å². The van der Waals surface area contributed by atoms with Gasteiger partial charge in [-0.15, -0.1) is 0 Å². The Kier molecular flexibility index (Phi) is 3.47. The van der Waals surface area contributed by atoms with Crippen LogP contribution in [0.4, 0.5) is 4.39 Å². The molecule has 0 unspecified atom stereocenters. The van der Waals surface area contributed by atoms with Crippen molar-refractivity contribution in [2.45, 2.75) is 6.92 Å². The van der Waals surface area contributed by atoms with E-state index < -0.39 is 0 Å². The SMILES string of the molecule is Cc1ccc(-c2cnc3c(-c4cccc5ncccc45)cnn3c2)cc1F. The first-order valence-electron chi connectivity index (χ1n) is 8.65. The molecule has 0 saturated heterocycles. The van der Waals surface area contributed by atoms with Crippen molar-refractivity contribution in [3.8, 4) is 22.3 Å². The van der Waals surface area contributed by atoms with Crippen molar-refractivity contribution in [3.63, 3.8) is 0 Å². The molecule has 2 aromatic carbocycles.